The molecule has 1 saturated carbocycles. The van der Waals surface area contributed by atoms with Crippen molar-refractivity contribution in [3.8, 4) is 0 Å². The normalized spacial score (nSPS) is 25.2. The third-order valence-electron chi connectivity index (χ3n) is 3.57. The van der Waals surface area contributed by atoms with E-state index in [9.17, 15) is 0 Å². The van der Waals surface area contributed by atoms with Crippen molar-refractivity contribution in [2.24, 2.45) is 0 Å². The Bertz CT molecular complexity index is 420. The average Bonchev–Trinajstić information content (AvgIpc) is 3.06. The van der Waals surface area contributed by atoms with Crippen molar-refractivity contribution >= 4 is 33.2 Å². The summed E-state index contributed by atoms with van der Waals surface area (Å²) < 4.78 is 0.959. The minimum Gasteiger partial charge on any atom is -0.381 e. The molecule has 17 heavy (non-hydrogen) atoms. The largest absolute Gasteiger partial charge is 0.381 e. The molecule has 1 unspecified atom stereocenters. The molecule has 1 heterocycles. The van der Waals surface area contributed by atoms with Gasteiger partial charge in [0.2, 0.25) is 0 Å². The number of nitrogens with zero attached hydrogens (tertiary/aromatic N) is 1. The van der Waals surface area contributed by atoms with Crippen LogP contribution >= 0.6 is 27.5 Å². The van der Waals surface area contributed by atoms with E-state index >= 15 is 0 Å². The average molecular weight is 316 g/mol. The van der Waals surface area contributed by atoms with Crippen LogP contribution in [0.2, 0.25) is 5.02 Å². The van der Waals surface area contributed by atoms with Crippen molar-refractivity contribution in [1.29, 1.82) is 0 Å². The lowest BCUT2D eigenvalue weighted by Gasteiger charge is -2.17. The van der Waals surface area contributed by atoms with E-state index in [1.807, 2.05) is 12.1 Å². The zero-order valence-corrected chi connectivity index (χ0v) is 12.0. The predicted molar refractivity (Wildman–Crippen MR) is 75.8 cm³/mol. The summed E-state index contributed by atoms with van der Waals surface area (Å²) in [6, 6.07) is 7.51. The van der Waals surface area contributed by atoms with Crippen molar-refractivity contribution in [3.05, 3.63) is 27.7 Å². The second kappa shape index (κ2) is 4.79. The minimum absolute atomic E-state index is 0.587. The summed E-state index contributed by atoms with van der Waals surface area (Å²) in [4.78, 5) is 2.61. The Kier molecular flexibility index (Phi) is 3.33. The van der Waals surface area contributed by atoms with E-state index in [0.29, 0.717) is 6.04 Å². The van der Waals surface area contributed by atoms with E-state index in [2.05, 4.69) is 32.2 Å². The van der Waals surface area contributed by atoms with E-state index in [1.165, 1.54) is 32.4 Å². The van der Waals surface area contributed by atoms with E-state index in [-0.39, 0.29) is 0 Å². The fourth-order valence-electron chi connectivity index (χ4n) is 2.50. The molecule has 2 nitrogen and oxygen atoms in total. The molecule has 1 saturated heterocycles. The molecule has 0 aromatic heterocycles. The molecule has 1 aliphatic carbocycles. The molecular weight excluding hydrogens is 300 g/mol. The molecule has 2 aliphatic rings. The Balaban J connectivity index is 1.61. The van der Waals surface area contributed by atoms with Gasteiger partial charge in [0.15, 0.2) is 0 Å². The molecule has 2 fully saturated rings. The molecule has 1 aromatic rings. The van der Waals surface area contributed by atoms with Crippen LogP contribution in [0.4, 0.5) is 5.69 Å². The van der Waals surface area contributed by atoms with E-state index in [4.69, 9.17) is 11.6 Å². The van der Waals surface area contributed by atoms with Gasteiger partial charge in [0.25, 0.3) is 0 Å². The molecule has 0 bridgehead atoms. The Hall–Kier alpha value is -0.250. The van der Waals surface area contributed by atoms with Gasteiger partial charge in [0.05, 0.1) is 5.02 Å². The van der Waals surface area contributed by atoms with Crippen LogP contribution in [0.25, 0.3) is 0 Å². The Labute approximate surface area is 115 Å². The van der Waals surface area contributed by atoms with Crippen molar-refractivity contribution in [1.82, 2.24) is 4.90 Å². The van der Waals surface area contributed by atoms with Gasteiger partial charge in [-0.05, 0) is 53.4 Å². The number of anilines is 1. The van der Waals surface area contributed by atoms with Crippen LogP contribution < -0.4 is 5.32 Å². The summed E-state index contributed by atoms with van der Waals surface area (Å²) in [5.74, 6) is 0. The quantitative estimate of drug-likeness (QED) is 0.914. The van der Waals surface area contributed by atoms with Crippen LogP contribution in [0.15, 0.2) is 22.7 Å². The van der Waals surface area contributed by atoms with Gasteiger partial charge in [0.1, 0.15) is 0 Å². The Morgan fingerprint density at radius 3 is 2.82 bits per heavy atom. The van der Waals surface area contributed by atoms with Gasteiger partial charge in [-0.3, -0.25) is 4.90 Å². The van der Waals surface area contributed by atoms with Crippen LogP contribution in [0.5, 0.6) is 0 Å². The molecule has 1 atom stereocenters. The molecule has 92 valence electrons. The summed E-state index contributed by atoms with van der Waals surface area (Å²) in [7, 11) is 0. The first-order valence-corrected chi connectivity index (χ1v) is 7.35. The van der Waals surface area contributed by atoms with Crippen molar-refractivity contribution in [3.63, 3.8) is 0 Å². The second-order valence-electron chi connectivity index (χ2n) is 4.98. The molecular formula is C13H16BrClN2. The molecule has 1 aromatic carbocycles. The minimum atomic E-state index is 0.587. The topological polar surface area (TPSA) is 15.3 Å². The van der Waals surface area contributed by atoms with Crippen LogP contribution in [-0.2, 0) is 0 Å². The fourth-order valence-corrected chi connectivity index (χ4v) is 2.99. The van der Waals surface area contributed by atoms with Gasteiger partial charge in [-0.25, -0.2) is 0 Å². The number of nitrogens with one attached hydrogen (secondary N) is 1. The van der Waals surface area contributed by atoms with Crippen molar-refractivity contribution in [2.75, 3.05) is 18.4 Å². The number of halogens is 2. The van der Waals surface area contributed by atoms with E-state index < -0.39 is 0 Å². The van der Waals surface area contributed by atoms with Crippen LogP contribution in [0, 0.1) is 0 Å². The molecule has 0 amide bonds. The predicted octanol–water partition coefficient (Wildman–Crippen LogP) is 3.75. The van der Waals surface area contributed by atoms with Gasteiger partial charge < -0.3 is 5.32 Å². The third-order valence-corrected chi connectivity index (χ3v) is 4.79. The highest BCUT2D eigenvalue weighted by molar-refractivity contribution is 9.10. The zero-order valence-electron chi connectivity index (χ0n) is 9.63. The highest BCUT2D eigenvalue weighted by Crippen LogP contribution is 2.31. The van der Waals surface area contributed by atoms with Crippen LogP contribution in [0.1, 0.15) is 19.3 Å². The third kappa shape index (κ3) is 2.78. The summed E-state index contributed by atoms with van der Waals surface area (Å²) >= 11 is 9.45. The molecule has 1 N–H and O–H groups in total. The monoisotopic (exact) mass is 314 g/mol. The van der Waals surface area contributed by atoms with Crippen LogP contribution in [0.3, 0.4) is 0 Å². The summed E-state index contributed by atoms with van der Waals surface area (Å²) in [5, 5.41) is 4.36. The Morgan fingerprint density at radius 2 is 2.12 bits per heavy atom. The van der Waals surface area contributed by atoms with Gasteiger partial charge >= 0.3 is 0 Å². The number of hydrogen-bond donors (Lipinski definition) is 1. The smallest absolute Gasteiger partial charge is 0.0549 e. The number of likely N-dealkylation sites (tertiary alicyclic amines) is 1. The van der Waals surface area contributed by atoms with Gasteiger partial charge in [-0.1, -0.05) is 11.6 Å². The summed E-state index contributed by atoms with van der Waals surface area (Å²) in [6.45, 7) is 2.43. The lowest BCUT2D eigenvalue weighted by molar-refractivity contribution is 0.326. The highest BCUT2D eigenvalue weighted by atomic mass is 79.9. The second-order valence-corrected chi connectivity index (χ2v) is 6.25. The van der Waals surface area contributed by atoms with Crippen LogP contribution in [-0.4, -0.2) is 30.1 Å². The first-order chi connectivity index (χ1) is 8.22. The summed E-state index contributed by atoms with van der Waals surface area (Å²) in [5.41, 5.74) is 1.16. The van der Waals surface area contributed by atoms with Gasteiger partial charge in [-0.2, -0.15) is 0 Å². The lowest BCUT2D eigenvalue weighted by Crippen LogP contribution is -2.27. The number of hydrogen-bond acceptors (Lipinski definition) is 2. The number of benzene rings is 1. The summed E-state index contributed by atoms with van der Waals surface area (Å²) in [6.07, 6.45) is 4.05. The maximum Gasteiger partial charge on any atom is 0.0549 e. The maximum absolute atomic E-state index is 5.99. The Morgan fingerprint density at radius 1 is 1.29 bits per heavy atom. The molecule has 0 spiro atoms. The van der Waals surface area contributed by atoms with Crippen molar-refractivity contribution < 1.29 is 0 Å². The first kappa shape index (κ1) is 11.8. The van der Waals surface area contributed by atoms with Crippen molar-refractivity contribution in [2.45, 2.75) is 31.3 Å². The number of rotatable bonds is 3. The molecule has 3 rings (SSSR count). The highest BCUT2D eigenvalue weighted by Gasteiger charge is 2.34. The molecule has 0 radical (unpaired) electrons. The maximum atomic E-state index is 5.99. The SMILES string of the molecule is Clc1ccc(NC2CCN(C3CC3)C2)cc1Br. The van der Waals surface area contributed by atoms with Gasteiger partial charge in [0, 0.05) is 35.3 Å². The zero-order chi connectivity index (χ0) is 11.8. The van der Waals surface area contributed by atoms with E-state index in [0.717, 1.165) is 21.2 Å². The van der Waals surface area contributed by atoms with Gasteiger partial charge in [-0.15, -0.1) is 0 Å². The fraction of sp³-hybridized carbons (Fsp3) is 0.538. The standard InChI is InChI=1S/C13H16BrClN2/c14-12-7-9(1-4-13(12)15)16-10-5-6-17(8-10)11-2-3-11/h1,4,7,10-11,16H,2-3,5-6,8H2. The molecule has 1 aliphatic heterocycles. The first-order valence-electron chi connectivity index (χ1n) is 6.18. The molecule has 4 heteroatoms. The lowest BCUT2D eigenvalue weighted by atomic mass is 10.2. The van der Waals surface area contributed by atoms with E-state index in [1.54, 1.807) is 0 Å².